The third-order valence-electron chi connectivity index (χ3n) is 5.33. The first-order chi connectivity index (χ1) is 16.2. The van der Waals surface area contributed by atoms with Gasteiger partial charge in [-0.3, -0.25) is 4.79 Å². The van der Waals surface area contributed by atoms with E-state index in [-0.39, 0.29) is 11.7 Å². The molecule has 0 atom stereocenters. The van der Waals surface area contributed by atoms with Crippen LogP contribution in [-0.4, -0.2) is 41.7 Å². The van der Waals surface area contributed by atoms with Crippen molar-refractivity contribution < 1.29 is 9.90 Å². The first kappa shape index (κ1) is 20.4. The van der Waals surface area contributed by atoms with Gasteiger partial charge in [-0.2, -0.15) is 5.10 Å². The Hall–Kier alpha value is -4.46. The fraction of sp³-hybridized carbons (Fsp3) is 0.120. The fourth-order valence-electron chi connectivity index (χ4n) is 3.65. The molecule has 0 spiro atoms. The monoisotopic (exact) mass is 438 g/mol. The van der Waals surface area contributed by atoms with Gasteiger partial charge in [0.05, 0.1) is 17.7 Å². The van der Waals surface area contributed by atoms with Gasteiger partial charge in [-0.25, -0.2) is 14.5 Å². The average Bonchev–Trinajstić information content (AvgIpc) is 3.52. The molecule has 0 aliphatic rings. The minimum Gasteiger partial charge on any atom is -0.508 e. The smallest absolute Gasteiger partial charge is 0.271 e. The Morgan fingerprint density at radius 2 is 1.82 bits per heavy atom. The van der Waals surface area contributed by atoms with Crippen LogP contribution >= 0.6 is 0 Å². The number of imidazole rings is 1. The molecule has 8 nitrogen and oxygen atoms in total. The lowest BCUT2D eigenvalue weighted by molar-refractivity contribution is 0.0947. The van der Waals surface area contributed by atoms with Gasteiger partial charge in [0.15, 0.2) is 11.3 Å². The molecule has 33 heavy (non-hydrogen) atoms. The van der Waals surface area contributed by atoms with Crippen LogP contribution in [0.3, 0.4) is 0 Å². The van der Waals surface area contributed by atoms with Gasteiger partial charge in [0.25, 0.3) is 5.91 Å². The summed E-state index contributed by atoms with van der Waals surface area (Å²) in [5.41, 5.74) is 4.24. The van der Waals surface area contributed by atoms with E-state index in [1.54, 1.807) is 35.2 Å². The second kappa shape index (κ2) is 8.96. The summed E-state index contributed by atoms with van der Waals surface area (Å²) in [7, 11) is 0. The number of benzene rings is 2. The lowest BCUT2D eigenvalue weighted by Crippen LogP contribution is -2.25. The Morgan fingerprint density at radius 1 is 1.00 bits per heavy atom. The van der Waals surface area contributed by atoms with Gasteiger partial charge in [-0.1, -0.05) is 30.3 Å². The van der Waals surface area contributed by atoms with Crippen LogP contribution < -0.4 is 5.32 Å². The highest BCUT2D eigenvalue weighted by molar-refractivity contribution is 5.93. The molecule has 0 aliphatic heterocycles. The lowest BCUT2D eigenvalue weighted by Gasteiger charge is -2.09. The van der Waals surface area contributed by atoms with Crippen molar-refractivity contribution in [3.63, 3.8) is 0 Å². The van der Waals surface area contributed by atoms with E-state index < -0.39 is 0 Å². The third kappa shape index (κ3) is 4.45. The Balaban J connectivity index is 1.45. The molecule has 8 heteroatoms. The van der Waals surface area contributed by atoms with E-state index in [1.165, 1.54) is 0 Å². The lowest BCUT2D eigenvalue weighted by atomic mass is 10.1. The molecule has 164 valence electrons. The molecule has 0 aliphatic carbocycles. The first-order valence-electron chi connectivity index (χ1n) is 10.7. The first-order valence-corrected chi connectivity index (χ1v) is 10.7. The van der Waals surface area contributed by atoms with E-state index in [4.69, 9.17) is 4.98 Å². The van der Waals surface area contributed by atoms with E-state index in [2.05, 4.69) is 15.4 Å². The van der Waals surface area contributed by atoms with Crippen LogP contribution in [0.1, 0.15) is 16.9 Å². The number of nitrogens with one attached hydrogen (secondary N) is 1. The van der Waals surface area contributed by atoms with E-state index >= 15 is 0 Å². The summed E-state index contributed by atoms with van der Waals surface area (Å²) < 4.78 is 3.63. The SMILES string of the molecule is O=C(NCCCn1ccnc1)c1cc2nc(-c3ccccc3)cc(-c3ccc(O)cc3)n2n1. The molecule has 0 saturated carbocycles. The standard InChI is InChI=1S/C25H22N6O2/c32-20-9-7-19(8-10-20)23-15-21(18-5-2-1-3-6-18)28-24-16-22(29-31(23)24)25(33)27-11-4-13-30-14-12-26-17-30/h1-3,5-10,12,14-17,32H,4,11,13H2,(H,27,33). The number of carbonyl (C=O) groups is 1. The van der Waals surface area contributed by atoms with Crippen molar-refractivity contribution in [2.24, 2.45) is 0 Å². The summed E-state index contributed by atoms with van der Waals surface area (Å²) in [4.78, 5) is 21.5. The van der Waals surface area contributed by atoms with Gasteiger partial charge in [0, 0.05) is 42.7 Å². The normalized spacial score (nSPS) is 11.0. The summed E-state index contributed by atoms with van der Waals surface area (Å²) in [6, 6.07) is 20.4. The van der Waals surface area contributed by atoms with Crippen LogP contribution in [0.5, 0.6) is 5.75 Å². The number of amides is 1. The predicted octanol–water partition coefficient (Wildman–Crippen LogP) is 3.79. The molecule has 0 bridgehead atoms. The van der Waals surface area contributed by atoms with Crippen molar-refractivity contribution in [1.82, 2.24) is 29.5 Å². The molecule has 2 aromatic carbocycles. The number of carbonyl (C=O) groups excluding carboxylic acids is 1. The highest BCUT2D eigenvalue weighted by Gasteiger charge is 2.16. The van der Waals surface area contributed by atoms with Gasteiger partial charge in [-0.15, -0.1) is 0 Å². The van der Waals surface area contributed by atoms with Crippen LogP contribution in [0.15, 0.2) is 85.5 Å². The Morgan fingerprint density at radius 3 is 2.58 bits per heavy atom. The van der Waals surface area contributed by atoms with Gasteiger partial charge in [0.2, 0.25) is 0 Å². The van der Waals surface area contributed by atoms with Crippen molar-refractivity contribution in [2.75, 3.05) is 6.54 Å². The van der Waals surface area contributed by atoms with E-state index in [0.29, 0.717) is 17.9 Å². The molecule has 0 saturated heterocycles. The largest absolute Gasteiger partial charge is 0.508 e. The molecule has 5 rings (SSSR count). The Labute approximate surface area is 190 Å². The molecule has 0 radical (unpaired) electrons. The van der Waals surface area contributed by atoms with Crippen LogP contribution in [0, 0.1) is 0 Å². The molecule has 1 amide bonds. The molecule has 3 aromatic heterocycles. The minimum absolute atomic E-state index is 0.184. The third-order valence-corrected chi connectivity index (χ3v) is 5.33. The predicted molar refractivity (Wildman–Crippen MR) is 125 cm³/mol. The summed E-state index contributed by atoms with van der Waals surface area (Å²) >= 11 is 0. The number of phenols is 1. The van der Waals surface area contributed by atoms with Gasteiger partial charge in [-0.05, 0) is 36.8 Å². The maximum atomic E-state index is 12.8. The van der Waals surface area contributed by atoms with Crippen LogP contribution in [-0.2, 0) is 6.54 Å². The average molecular weight is 438 g/mol. The summed E-state index contributed by atoms with van der Waals surface area (Å²) in [6.07, 6.45) is 6.16. The molecule has 5 aromatic rings. The van der Waals surface area contributed by atoms with Crippen molar-refractivity contribution in [3.05, 3.63) is 91.1 Å². The summed E-state index contributed by atoms with van der Waals surface area (Å²) in [5.74, 6) is -0.0624. The highest BCUT2D eigenvalue weighted by atomic mass is 16.3. The number of hydrogen-bond donors (Lipinski definition) is 2. The van der Waals surface area contributed by atoms with Crippen LogP contribution in [0.2, 0.25) is 0 Å². The summed E-state index contributed by atoms with van der Waals surface area (Å²) in [6.45, 7) is 1.30. The second-order valence-electron chi connectivity index (χ2n) is 7.65. The molecular formula is C25H22N6O2. The Bertz CT molecular complexity index is 1380. The van der Waals surface area contributed by atoms with Crippen molar-refractivity contribution >= 4 is 11.6 Å². The van der Waals surface area contributed by atoms with Gasteiger partial charge >= 0.3 is 0 Å². The van der Waals surface area contributed by atoms with Crippen LogP contribution in [0.25, 0.3) is 28.2 Å². The van der Waals surface area contributed by atoms with Crippen LogP contribution in [0.4, 0.5) is 0 Å². The van der Waals surface area contributed by atoms with E-state index in [9.17, 15) is 9.90 Å². The van der Waals surface area contributed by atoms with Gasteiger partial charge in [0.1, 0.15) is 5.75 Å². The number of fused-ring (bicyclic) bond motifs is 1. The maximum absolute atomic E-state index is 12.8. The van der Waals surface area contributed by atoms with Crippen molar-refractivity contribution in [3.8, 4) is 28.3 Å². The number of aryl methyl sites for hydroxylation is 1. The number of phenolic OH excluding ortho intramolecular Hbond substituents is 1. The molecular weight excluding hydrogens is 416 g/mol. The van der Waals surface area contributed by atoms with Crippen molar-refractivity contribution in [1.29, 1.82) is 0 Å². The van der Waals surface area contributed by atoms with E-state index in [1.807, 2.05) is 59.3 Å². The molecule has 0 unspecified atom stereocenters. The van der Waals surface area contributed by atoms with Crippen molar-refractivity contribution in [2.45, 2.75) is 13.0 Å². The maximum Gasteiger partial charge on any atom is 0.271 e. The number of aromatic hydroxyl groups is 1. The minimum atomic E-state index is -0.246. The zero-order chi connectivity index (χ0) is 22.6. The van der Waals surface area contributed by atoms with Gasteiger partial charge < -0.3 is 15.0 Å². The number of nitrogens with zero attached hydrogens (tertiary/aromatic N) is 5. The highest BCUT2D eigenvalue weighted by Crippen LogP contribution is 2.27. The molecule has 0 fully saturated rings. The zero-order valence-corrected chi connectivity index (χ0v) is 17.8. The topological polar surface area (TPSA) is 97.3 Å². The molecule has 3 heterocycles. The Kier molecular flexibility index (Phi) is 5.55. The number of aromatic nitrogens is 5. The van der Waals surface area contributed by atoms with E-state index in [0.717, 1.165) is 35.5 Å². The number of hydrogen-bond acceptors (Lipinski definition) is 5. The zero-order valence-electron chi connectivity index (χ0n) is 17.8. The molecule has 2 N–H and O–H groups in total. The fourth-order valence-corrected chi connectivity index (χ4v) is 3.65. The summed E-state index contributed by atoms with van der Waals surface area (Å²) in [5, 5.41) is 17.2. The number of rotatable bonds is 7. The quantitative estimate of drug-likeness (QED) is 0.377. The second-order valence-corrected chi connectivity index (χ2v) is 7.65.